The molecule has 0 aliphatic heterocycles. The van der Waals surface area contributed by atoms with Gasteiger partial charge in [0, 0.05) is 12.1 Å². The van der Waals surface area contributed by atoms with E-state index in [2.05, 4.69) is 20.5 Å². The van der Waals surface area contributed by atoms with E-state index >= 15 is 0 Å². The third-order valence-electron chi connectivity index (χ3n) is 3.57. The summed E-state index contributed by atoms with van der Waals surface area (Å²) >= 11 is 1.07. The molecule has 0 atom stereocenters. The summed E-state index contributed by atoms with van der Waals surface area (Å²) < 4.78 is 11.1. The van der Waals surface area contributed by atoms with Crippen LogP contribution in [0.1, 0.15) is 6.92 Å². The molecule has 0 fully saturated rings. The van der Waals surface area contributed by atoms with E-state index in [0.717, 1.165) is 11.8 Å². The first-order valence-electron chi connectivity index (χ1n) is 8.73. The van der Waals surface area contributed by atoms with Crippen LogP contribution in [0.4, 0.5) is 17.3 Å². The van der Waals surface area contributed by atoms with Gasteiger partial charge in [-0.3, -0.25) is 14.9 Å². The number of hydrogen-bond donors (Lipinski definition) is 3. The van der Waals surface area contributed by atoms with Crippen LogP contribution in [0.5, 0.6) is 17.2 Å². The van der Waals surface area contributed by atoms with Gasteiger partial charge in [-0.2, -0.15) is 4.98 Å². The monoisotopic (exact) mass is 430 g/mol. The van der Waals surface area contributed by atoms with Crippen LogP contribution >= 0.6 is 11.8 Å². The molecule has 0 unspecified atom stereocenters. The molecule has 1 aromatic heterocycles. The van der Waals surface area contributed by atoms with Crippen molar-refractivity contribution in [3.8, 4) is 17.2 Å². The number of carbonyl (C=O) groups is 1. The lowest BCUT2D eigenvalue weighted by molar-refractivity contribution is -0.384. The van der Waals surface area contributed by atoms with Crippen LogP contribution in [-0.4, -0.2) is 38.4 Å². The van der Waals surface area contributed by atoms with Gasteiger partial charge in [0.05, 0.1) is 29.0 Å². The summed E-state index contributed by atoms with van der Waals surface area (Å²) in [5.74, 6) is 1.10. The number of nitro groups is 1. The number of rotatable bonds is 9. The second kappa shape index (κ2) is 9.60. The highest BCUT2D eigenvalue weighted by Gasteiger charge is 2.14. The van der Waals surface area contributed by atoms with Crippen LogP contribution < -0.4 is 20.5 Å². The van der Waals surface area contributed by atoms with E-state index in [-0.39, 0.29) is 28.8 Å². The minimum Gasteiger partial charge on any atom is -0.494 e. The van der Waals surface area contributed by atoms with Crippen molar-refractivity contribution < 1.29 is 19.2 Å². The summed E-state index contributed by atoms with van der Waals surface area (Å²) in [4.78, 5) is 26.8. The Balaban J connectivity index is 1.70. The van der Waals surface area contributed by atoms with Crippen LogP contribution in [-0.2, 0) is 4.79 Å². The molecule has 0 spiro atoms. The highest BCUT2D eigenvalue weighted by Crippen LogP contribution is 2.30. The number of anilines is 2. The fourth-order valence-electron chi connectivity index (χ4n) is 2.38. The minimum atomic E-state index is -0.564. The van der Waals surface area contributed by atoms with E-state index < -0.39 is 10.8 Å². The fourth-order valence-corrected chi connectivity index (χ4v) is 2.98. The van der Waals surface area contributed by atoms with Gasteiger partial charge < -0.3 is 20.5 Å². The average Bonchev–Trinajstić information content (AvgIpc) is 3.13. The van der Waals surface area contributed by atoms with Crippen LogP contribution in [0.2, 0.25) is 0 Å². The van der Waals surface area contributed by atoms with Gasteiger partial charge in [0.15, 0.2) is 0 Å². The second-order valence-electron chi connectivity index (χ2n) is 5.82. The second-order valence-corrected chi connectivity index (χ2v) is 6.76. The van der Waals surface area contributed by atoms with Crippen molar-refractivity contribution in [2.75, 3.05) is 23.4 Å². The molecule has 4 N–H and O–H groups in total. The smallest absolute Gasteiger partial charge is 0.275 e. The summed E-state index contributed by atoms with van der Waals surface area (Å²) in [7, 11) is 0. The number of hydrogen-bond acceptors (Lipinski definition) is 9. The zero-order valence-electron chi connectivity index (χ0n) is 15.8. The van der Waals surface area contributed by atoms with Gasteiger partial charge in [-0.1, -0.05) is 11.8 Å². The number of thioether (sulfide) groups is 1. The molecule has 0 bridgehead atoms. The molecule has 11 nitrogen and oxygen atoms in total. The SMILES string of the molecule is CCOc1ccc(Oc2cc(NC(=O)CSc3n[nH]c(N)n3)cc([N+](=O)[O-])c2)cc1. The van der Waals surface area contributed by atoms with E-state index in [1.165, 1.54) is 18.2 Å². The number of aromatic amines is 1. The highest BCUT2D eigenvalue weighted by atomic mass is 32.2. The molecule has 0 aliphatic carbocycles. The van der Waals surface area contributed by atoms with Crippen molar-refractivity contribution in [3.63, 3.8) is 0 Å². The number of benzene rings is 2. The number of nitro benzene ring substituents is 1. The number of aromatic nitrogens is 3. The number of nitrogens with one attached hydrogen (secondary N) is 2. The molecule has 30 heavy (non-hydrogen) atoms. The molecule has 3 aromatic rings. The quantitative estimate of drug-likeness (QED) is 0.263. The molecule has 1 heterocycles. The van der Waals surface area contributed by atoms with Crippen molar-refractivity contribution in [3.05, 3.63) is 52.6 Å². The summed E-state index contributed by atoms with van der Waals surface area (Å²) in [5.41, 5.74) is 5.44. The van der Waals surface area contributed by atoms with Crippen molar-refractivity contribution >= 4 is 35.0 Å². The van der Waals surface area contributed by atoms with Crippen molar-refractivity contribution in [1.29, 1.82) is 0 Å². The summed E-state index contributed by atoms with van der Waals surface area (Å²) in [5, 5.41) is 20.5. The van der Waals surface area contributed by atoms with Gasteiger partial charge in [-0.15, -0.1) is 5.10 Å². The Morgan fingerprint density at radius 2 is 1.97 bits per heavy atom. The van der Waals surface area contributed by atoms with Crippen LogP contribution in [0.3, 0.4) is 0 Å². The van der Waals surface area contributed by atoms with Crippen molar-refractivity contribution in [2.45, 2.75) is 12.1 Å². The van der Waals surface area contributed by atoms with E-state index in [0.29, 0.717) is 23.3 Å². The minimum absolute atomic E-state index is 0.00489. The Morgan fingerprint density at radius 3 is 2.60 bits per heavy atom. The maximum absolute atomic E-state index is 12.2. The lowest BCUT2D eigenvalue weighted by atomic mass is 10.2. The van der Waals surface area contributed by atoms with E-state index in [4.69, 9.17) is 15.2 Å². The highest BCUT2D eigenvalue weighted by molar-refractivity contribution is 7.99. The van der Waals surface area contributed by atoms with Crippen LogP contribution in [0, 0.1) is 10.1 Å². The number of ether oxygens (including phenoxy) is 2. The molecule has 2 aromatic carbocycles. The number of H-pyrrole nitrogens is 1. The van der Waals surface area contributed by atoms with Crippen LogP contribution in [0.25, 0.3) is 0 Å². The predicted molar refractivity (Wildman–Crippen MR) is 111 cm³/mol. The Labute approximate surface area is 175 Å². The largest absolute Gasteiger partial charge is 0.494 e. The number of nitrogens with two attached hydrogens (primary N) is 1. The van der Waals surface area contributed by atoms with Crippen molar-refractivity contribution in [2.24, 2.45) is 0 Å². The average molecular weight is 430 g/mol. The molecular formula is C18H18N6O5S. The molecule has 1 amide bonds. The zero-order chi connectivity index (χ0) is 21.5. The normalized spacial score (nSPS) is 10.4. The Bertz CT molecular complexity index is 1040. The first kappa shape index (κ1) is 20.9. The number of nitrogens with zero attached hydrogens (tertiary/aromatic N) is 3. The standard InChI is InChI=1S/C18H18N6O5S/c1-2-28-13-3-5-14(6-4-13)29-15-8-11(7-12(9-15)24(26)27)20-16(25)10-30-18-21-17(19)22-23-18/h3-9H,2,10H2,1H3,(H,20,25)(H3,19,21,22,23). The molecule has 0 aliphatic rings. The maximum atomic E-state index is 12.2. The molecule has 12 heteroatoms. The lowest BCUT2D eigenvalue weighted by Gasteiger charge is -2.10. The van der Waals surface area contributed by atoms with Gasteiger partial charge >= 0.3 is 0 Å². The molecule has 0 saturated carbocycles. The Hall–Kier alpha value is -3.80. The number of carbonyl (C=O) groups excluding carboxylic acids is 1. The van der Waals surface area contributed by atoms with Crippen LogP contribution in [0.15, 0.2) is 47.6 Å². The lowest BCUT2D eigenvalue weighted by Crippen LogP contribution is -2.14. The molecule has 156 valence electrons. The predicted octanol–water partition coefficient (Wildman–Crippen LogP) is 3.22. The number of non-ortho nitro benzene ring substituents is 1. The number of amides is 1. The van der Waals surface area contributed by atoms with Gasteiger partial charge in [0.25, 0.3) is 5.69 Å². The first-order valence-corrected chi connectivity index (χ1v) is 9.72. The molecule has 0 radical (unpaired) electrons. The molecule has 3 rings (SSSR count). The molecule has 0 saturated heterocycles. The zero-order valence-corrected chi connectivity index (χ0v) is 16.6. The van der Waals surface area contributed by atoms with E-state index in [1.54, 1.807) is 24.3 Å². The molecular weight excluding hydrogens is 412 g/mol. The number of nitrogen functional groups attached to an aromatic ring is 1. The van der Waals surface area contributed by atoms with E-state index in [1.807, 2.05) is 6.92 Å². The maximum Gasteiger partial charge on any atom is 0.275 e. The van der Waals surface area contributed by atoms with Gasteiger partial charge in [-0.25, -0.2) is 5.10 Å². The topological polar surface area (TPSA) is 158 Å². The van der Waals surface area contributed by atoms with Gasteiger partial charge in [0.2, 0.25) is 17.0 Å². The van der Waals surface area contributed by atoms with Gasteiger partial charge in [-0.05, 0) is 31.2 Å². The first-order chi connectivity index (χ1) is 14.4. The van der Waals surface area contributed by atoms with Gasteiger partial charge in [0.1, 0.15) is 17.2 Å². The summed E-state index contributed by atoms with van der Waals surface area (Å²) in [6.45, 7) is 2.42. The summed E-state index contributed by atoms with van der Waals surface area (Å²) in [6.07, 6.45) is 0. The Morgan fingerprint density at radius 1 is 1.23 bits per heavy atom. The third kappa shape index (κ3) is 5.85. The fraction of sp³-hybridized carbons (Fsp3) is 0.167. The Kier molecular flexibility index (Phi) is 6.70. The third-order valence-corrected chi connectivity index (χ3v) is 4.42. The van der Waals surface area contributed by atoms with E-state index in [9.17, 15) is 14.9 Å². The summed E-state index contributed by atoms with van der Waals surface area (Å²) in [6, 6.07) is 10.8. The van der Waals surface area contributed by atoms with Crippen molar-refractivity contribution in [1.82, 2.24) is 15.2 Å².